The summed E-state index contributed by atoms with van der Waals surface area (Å²) in [5, 5.41) is 13.5. The number of nitrogen functional groups attached to an aromatic ring is 1. The Hall–Kier alpha value is -2.89. The van der Waals surface area contributed by atoms with Crippen molar-refractivity contribution in [1.29, 1.82) is 0 Å². The third kappa shape index (κ3) is 3.17. The Bertz CT molecular complexity index is 726. The Balaban J connectivity index is 2.27. The Morgan fingerprint density at radius 2 is 1.90 bits per heavy atom. The molecule has 1 amide bonds. The molecule has 108 valence electrons. The van der Waals surface area contributed by atoms with E-state index in [9.17, 15) is 14.9 Å². The van der Waals surface area contributed by atoms with E-state index in [0.29, 0.717) is 22.5 Å². The van der Waals surface area contributed by atoms with Gasteiger partial charge < -0.3 is 11.1 Å². The zero-order valence-corrected chi connectivity index (χ0v) is 11.7. The highest BCUT2D eigenvalue weighted by Crippen LogP contribution is 2.23. The van der Waals surface area contributed by atoms with Crippen molar-refractivity contribution in [3.05, 3.63) is 63.2 Å². The molecule has 2 aromatic carbocycles. The molecule has 0 saturated heterocycles. The number of hydrogen-bond acceptors (Lipinski definition) is 4. The average molecular weight is 285 g/mol. The van der Waals surface area contributed by atoms with Gasteiger partial charge in [0.05, 0.1) is 10.5 Å². The van der Waals surface area contributed by atoms with Crippen LogP contribution in [0.3, 0.4) is 0 Å². The molecule has 0 heterocycles. The van der Waals surface area contributed by atoms with Crippen LogP contribution in [0.15, 0.2) is 36.4 Å². The lowest BCUT2D eigenvalue weighted by Gasteiger charge is -2.08. The van der Waals surface area contributed by atoms with E-state index in [4.69, 9.17) is 5.73 Å². The summed E-state index contributed by atoms with van der Waals surface area (Å²) < 4.78 is 0. The Morgan fingerprint density at radius 3 is 2.52 bits per heavy atom. The second-order valence-electron chi connectivity index (χ2n) is 4.80. The number of carbonyl (C=O) groups is 1. The van der Waals surface area contributed by atoms with E-state index in [2.05, 4.69) is 5.32 Å². The zero-order chi connectivity index (χ0) is 15.6. The predicted octanol–water partition coefficient (Wildman–Crippen LogP) is 3.05. The highest BCUT2D eigenvalue weighted by molar-refractivity contribution is 6.07. The number of benzene rings is 2. The van der Waals surface area contributed by atoms with Crippen LogP contribution in [0, 0.1) is 24.0 Å². The number of hydrogen-bond donors (Lipinski definition) is 2. The van der Waals surface area contributed by atoms with Crippen molar-refractivity contribution in [2.24, 2.45) is 0 Å². The molecule has 2 aromatic rings. The van der Waals surface area contributed by atoms with Crippen molar-refractivity contribution < 1.29 is 9.72 Å². The first kappa shape index (κ1) is 14.5. The van der Waals surface area contributed by atoms with E-state index in [-0.39, 0.29) is 5.69 Å². The molecular weight excluding hydrogens is 270 g/mol. The fourth-order valence-electron chi connectivity index (χ4n) is 1.97. The quantitative estimate of drug-likeness (QED) is 0.514. The van der Waals surface area contributed by atoms with E-state index in [1.165, 1.54) is 6.07 Å². The minimum absolute atomic E-state index is 0.0373. The van der Waals surface area contributed by atoms with Gasteiger partial charge in [-0.15, -0.1) is 0 Å². The van der Waals surface area contributed by atoms with Crippen LogP contribution in [0.5, 0.6) is 0 Å². The lowest BCUT2D eigenvalue weighted by atomic mass is 10.1. The molecule has 0 unspecified atom stereocenters. The average Bonchev–Trinajstić information content (AvgIpc) is 2.40. The molecule has 0 aromatic heterocycles. The maximum Gasteiger partial charge on any atom is 0.274 e. The second kappa shape index (κ2) is 5.62. The molecule has 0 radical (unpaired) electrons. The van der Waals surface area contributed by atoms with E-state index < -0.39 is 10.8 Å². The number of rotatable bonds is 3. The summed E-state index contributed by atoms with van der Waals surface area (Å²) in [5.74, 6) is -0.398. The molecule has 0 aliphatic carbocycles. The summed E-state index contributed by atoms with van der Waals surface area (Å²) in [4.78, 5) is 22.6. The van der Waals surface area contributed by atoms with Crippen LogP contribution in [0.1, 0.15) is 21.5 Å². The number of aryl methyl sites for hydroxylation is 2. The minimum atomic E-state index is -0.481. The first-order valence-electron chi connectivity index (χ1n) is 6.31. The van der Waals surface area contributed by atoms with Crippen molar-refractivity contribution >= 4 is 23.0 Å². The highest BCUT2D eigenvalue weighted by atomic mass is 16.6. The number of nitrogens with two attached hydrogens (primary N) is 1. The van der Waals surface area contributed by atoms with Gasteiger partial charge >= 0.3 is 0 Å². The standard InChI is InChI=1S/C15H15N3O3/c1-9-3-6-12(13(16)7-9)15(19)17-11-5-4-10(2)14(8-11)18(20)21/h3-8H,16H2,1-2H3,(H,17,19). The number of nitro benzene ring substituents is 1. The first-order chi connectivity index (χ1) is 9.88. The van der Waals surface area contributed by atoms with Crippen molar-refractivity contribution in [2.45, 2.75) is 13.8 Å². The van der Waals surface area contributed by atoms with Crippen LogP contribution in [0.2, 0.25) is 0 Å². The van der Waals surface area contributed by atoms with Gasteiger partial charge in [-0.05, 0) is 37.6 Å². The smallest absolute Gasteiger partial charge is 0.274 e. The molecule has 3 N–H and O–H groups in total. The topological polar surface area (TPSA) is 98.3 Å². The third-order valence-electron chi connectivity index (χ3n) is 3.12. The van der Waals surface area contributed by atoms with Crippen LogP contribution in [0.4, 0.5) is 17.1 Å². The fraction of sp³-hybridized carbons (Fsp3) is 0.133. The molecule has 0 saturated carbocycles. The van der Waals surface area contributed by atoms with Gasteiger partial charge in [-0.1, -0.05) is 12.1 Å². The molecule has 0 fully saturated rings. The summed E-state index contributed by atoms with van der Waals surface area (Å²) in [6, 6.07) is 9.65. The molecule has 0 bridgehead atoms. The molecule has 0 spiro atoms. The van der Waals surface area contributed by atoms with Gasteiger partial charge in [-0.2, -0.15) is 0 Å². The van der Waals surface area contributed by atoms with Gasteiger partial charge in [0.25, 0.3) is 11.6 Å². The van der Waals surface area contributed by atoms with Crippen LogP contribution in [0.25, 0.3) is 0 Å². The number of nitrogens with zero attached hydrogens (tertiary/aromatic N) is 1. The fourth-order valence-corrected chi connectivity index (χ4v) is 1.97. The van der Waals surface area contributed by atoms with Crippen LogP contribution < -0.4 is 11.1 Å². The lowest BCUT2D eigenvalue weighted by molar-refractivity contribution is -0.385. The molecule has 2 rings (SSSR count). The summed E-state index contributed by atoms with van der Waals surface area (Å²) in [6.45, 7) is 3.52. The van der Waals surface area contributed by atoms with E-state index >= 15 is 0 Å². The lowest BCUT2D eigenvalue weighted by Crippen LogP contribution is -2.14. The summed E-state index contributed by atoms with van der Waals surface area (Å²) in [7, 11) is 0. The van der Waals surface area contributed by atoms with E-state index in [1.54, 1.807) is 37.3 Å². The molecule has 0 atom stereocenters. The van der Waals surface area contributed by atoms with Gasteiger partial charge in [-0.25, -0.2) is 0 Å². The van der Waals surface area contributed by atoms with E-state index in [1.807, 2.05) is 6.92 Å². The molecule has 0 aliphatic rings. The first-order valence-corrected chi connectivity index (χ1v) is 6.31. The normalized spacial score (nSPS) is 10.2. The Morgan fingerprint density at radius 1 is 1.19 bits per heavy atom. The summed E-state index contributed by atoms with van der Waals surface area (Å²) >= 11 is 0. The number of nitro groups is 1. The summed E-state index contributed by atoms with van der Waals surface area (Å²) in [5.41, 5.74) is 8.33. The number of carbonyl (C=O) groups excluding carboxylic acids is 1. The monoisotopic (exact) mass is 285 g/mol. The van der Waals surface area contributed by atoms with Crippen LogP contribution in [-0.4, -0.2) is 10.8 Å². The number of anilines is 2. The van der Waals surface area contributed by atoms with Crippen LogP contribution >= 0.6 is 0 Å². The Labute approximate surface area is 121 Å². The van der Waals surface area contributed by atoms with Crippen molar-refractivity contribution in [3.63, 3.8) is 0 Å². The minimum Gasteiger partial charge on any atom is -0.398 e. The maximum atomic E-state index is 12.2. The van der Waals surface area contributed by atoms with Crippen molar-refractivity contribution in [1.82, 2.24) is 0 Å². The molecule has 6 heteroatoms. The summed E-state index contributed by atoms with van der Waals surface area (Å²) in [6.07, 6.45) is 0. The van der Waals surface area contributed by atoms with Gasteiger partial charge in [0.1, 0.15) is 0 Å². The highest BCUT2D eigenvalue weighted by Gasteiger charge is 2.14. The SMILES string of the molecule is Cc1ccc(C(=O)Nc2ccc(C)c([N+](=O)[O-])c2)c(N)c1. The zero-order valence-electron chi connectivity index (χ0n) is 11.7. The van der Waals surface area contributed by atoms with Crippen LogP contribution in [-0.2, 0) is 0 Å². The van der Waals surface area contributed by atoms with E-state index in [0.717, 1.165) is 5.56 Å². The largest absolute Gasteiger partial charge is 0.398 e. The third-order valence-corrected chi connectivity index (χ3v) is 3.12. The Kier molecular flexibility index (Phi) is 3.89. The van der Waals surface area contributed by atoms with Crippen molar-refractivity contribution in [3.8, 4) is 0 Å². The number of nitrogens with one attached hydrogen (secondary N) is 1. The van der Waals surface area contributed by atoms with Crippen molar-refractivity contribution in [2.75, 3.05) is 11.1 Å². The van der Waals surface area contributed by atoms with Gasteiger partial charge in [0.15, 0.2) is 0 Å². The number of amides is 1. The molecule has 6 nitrogen and oxygen atoms in total. The molecular formula is C15H15N3O3. The second-order valence-corrected chi connectivity index (χ2v) is 4.80. The molecule has 0 aliphatic heterocycles. The van der Waals surface area contributed by atoms with Gasteiger partial charge in [-0.3, -0.25) is 14.9 Å². The van der Waals surface area contributed by atoms with Gasteiger partial charge in [0.2, 0.25) is 0 Å². The maximum absolute atomic E-state index is 12.2. The predicted molar refractivity (Wildman–Crippen MR) is 81.4 cm³/mol. The molecule has 21 heavy (non-hydrogen) atoms. The van der Waals surface area contributed by atoms with Gasteiger partial charge in [0, 0.05) is 23.0 Å².